The molecule has 0 spiro atoms. The van der Waals surface area contributed by atoms with Crippen LogP contribution in [0.15, 0.2) is 24.3 Å². The average molecular weight is 306 g/mol. The summed E-state index contributed by atoms with van der Waals surface area (Å²) in [6.45, 7) is 4.30. The molecular formula is C18H26O4. The molecule has 0 aliphatic carbocycles. The minimum absolute atomic E-state index is 0.265. The Bertz CT molecular complexity index is 468. The van der Waals surface area contributed by atoms with Crippen molar-refractivity contribution in [1.29, 1.82) is 0 Å². The van der Waals surface area contributed by atoms with Crippen LogP contribution in [0.4, 0.5) is 0 Å². The van der Waals surface area contributed by atoms with E-state index in [4.69, 9.17) is 9.47 Å². The molecule has 0 fully saturated rings. The Morgan fingerprint density at radius 3 is 2.36 bits per heavy atom. The van der Waals surface area contributed by atoms with Crippen LogP contribution in [0, 0.1) is 0 Å². The minimum atomic E-state index is -0.437. The van der Waals surface area contributed by atoms with E-state index in [1.54, 1.807) is 31.2 Å². The van der Waals surface area contributed by atoms with Crippen molar-refractivity contribution >= 4 is 11.9 Å². The fourth-order valence-corrected chi connectivity index (χ4v) is 2.04. The summed E-state index contributed by atoms with van der Waals surface area (Å²) in [5, 5.41) is 0. The van der Waals surface area contributed by atoms with Gasteiger partial charge in [0.1, 0.15) is 11.3 Å². The van der Waals surface area contributed by atoms with Gasteiger partial charge in [0.2, 0.25) is 0 Å². The van der Waals surface area contributed by atoms with Gasteiger partial charge in [-0.15, -0.1) is 0 Å². The zero-order chi connectivity index (χ0) is 16.2. The summed E-state index contributed by atoms with van der Waals surface area (Å²) in [6.07, 6.45) is 7.10. The molecule has 0 bridgehead atoms. The van der Waals surface area contributed by atoms with E-state index in [-0.39, 0.29) is 18.1 Å². The van der Waals surface area contributed by atoms with Crippen molar-refractivity contribution in [2.75, 3.05) is 6.61 Å². The van der Waals surface area contributed by atoms with Crippen LogP contribution in [0.25, 0.3) is 0 Å². The molecule has 122 valence electrons. The van der Waals surface area contributed by atoms with Crippen molar-refractivity contribution < 1.29 is 19.1 Å². The van der Waals surface area contributed by atoms with E-state index in [1.165, 1.54) is 25.7 Å². The molecule has 0 amide bonds. The molecule has 0 saturated heterocycles. The van der Waals surface area contributed by atoms with Gasteiger partial charge in [-0.2, -0.15) is 0 Å². The van der Waals surface area contributed by atoms with Crippen LogP contribution >= 0.6 is 0 Å². The summed E-state index contributed by atoms with van der Waals surface area (Å²) in [4.78, 5) is 23.4. The van der Waals surface area contributed by atoms with Gasteiger partial charge in [0.15, 0.2) is 0 Å². The lowest BCUT2D eigenvalue weighted by atomic mass is 10.1. The number of hydrogen-bond donors (Lipinski definition) is 0. The monoisotopic (exact) mass is 306 g/mol. The summed E-state index contributed by atoms with van der Waals surface area (Å²) < 4.78 is 10.4. The molecule has 0 saturated carbocycles. The molecule has 0 unspecified atom stereocenters. The number of carbonyl (C=O) groups is 2. The topological polar surface area (TPSA) is 52.6 Å². The highest BCUT2D eigenvalue weighted by Gasteiger charge is 2.15. The number of unbranched alkanes of at least 4 members (excludes halogenated alkanes) is 5. The highest BCUT2D eigenvalue weighted by molar-refractivity contribution is 5.93. The number of carbonyl (C=O) groups excluding carboxylic acids is 2. The van der Waals surface area contributed by atoms with Crippen molar-refractivity contribution in [3.63, 3.8) is 0 Å². The van der Waals surface area contributed by atoms with Crippen LogP contribution in [0.2, 0.25) is 0 Å². The number of hydrogen-bond acceptors (Lipinski definition) is 4. The molecule has 0 radical (unpaired) electrons. The van der Waals surface area contributed by atoms with Crippen LogP contribution in [0.5, 0.6) is 5.75 Å². The molecule has 0 aliphatic rings. The van der Waals surface area contributed by atoms with Crippen molar-refractivity contribution in [1.82, 2.24) is 0 Å². The van der Waals surface area contributed by atoms with Crippen molar-refractivity contribution in [3.05, 3.63) is 29.8 Å². The molecule has 1 aromatic rings. The fourth-order valence-electron chi connectivity index (χ4n) is 2.04. The van der Waals surface area contributed by atoms with Crippen molar-refractivity contribution in [2.24, 2.45) is 0 Å². The maximum Gasteiger partial charge on any atom is 0.341 e. The van der Waals surface area contributed by atoms with Gasteiger partial charge in [-0.3, -0.25) is 4.79 Å². The fraction of sp³-hybridized carbons (Fsp3) is 0.556. The summed E-state index contributed by atoms with van der Waals surface area (Å²) >= 11 is 0. The average Bonchev–Trinajstić information content (AvgIpc) is 2.54. The Kier molecular flexibility index (Phi) is 8.96. The maximum atomic E-state index is 12.1. The Morgan fingerprint density at radius 2 is 1.64 bits per heavy atom. The first-order valence-electron chi connectivity index (χ1n) is 8.15. The van der Waals surface area contributed by atoms with Crippen LogP contribution in [-0.2, 0) is 9.53 Å². The summed E-state index contributed by atoms with van der Waals surface area (Å²) in [6, 6.07) is 6.67. The lowest BCUT2D eigenvalue weighted by molar-refractivity contribution is -0.134. The third kappa shape index (κ3) is 6.74. The lowest BCUT2D eigenvalue weighted by Crippen LogP contribution is -2.12. The first-order chi connectivity index (χ1) is 10.7. The van der Waals surface area contributed by atoms with Gasteiger partial charge in [-0.1, -0.05) is 58.1 Å². The van der Waals surface area contributed by atoms with Gasteiger partial charge < -0.3 is 9.47 Å². The largest absolute Gasteiger partial charge is 0.462 e. The second kappa shape index (κ2) is 10.8. The number of rotatable bonds is 10. The van der Waals surface area contributed by atoms with Crippen LogP contribution in [0.3, 0.4) is 0 Å². The third-order valence-corrected chi connectivity index (χ3v) is 3.35. The predicted octanol–water partition coefficient (Wildman–Crippen LogP) is 4.52. The van der Waals surface area contributed by atoms with Crippen LogP contribution in [-0.4, -0.2) is 18.5 Å². The standard InChI is InChI=1S/C18H26O4/c1-3-5-6-7-8-11-14-21-18(20)15-12-9-10-13-16(15)22-17(19)4-2/h9-10,12-13H,3-8,11,14H2,1-2H3. The first-order valence-corrected chi connectivity index (χ1v) is 8.15. The van der Waals surface area contributed by atoms with Gasteiger partial charge in [-0.25, -0.2) is 4.79 Å². The first kappa shape index (κ1) is 18.2. The predicted molar refractivity (Wildman–Crippen MR) is 86.0 cm³/mol. The summed E-state index contributed by atoms with van der Waals surface area (Å²) in [5.41, 5.74) is 0.301. The van der Waals surface area contributed by atoms with Crippen molar-refractivity contribution in [3.8, 4) is 5.75 Å². The van der Waals surface area contributed by atoms with E-state index >= 15 is 0 Å². The second-order valence-electron chi connectivity index (χ2n) is 5.23. The Hall–Kier alpha value is -1.84. The van der Waals surface area contributed by atoms with Crippen LogP contribution < -0.4 is 4.74 Å². The Labute approximate surface area is 132 Å². The number of benzene rings is 1. The smallest absolute Gasteiger partial charge is 0.341 e. The minimum Gasteiger partial charge on any atom is -0.462 e. The van der Waals surface area contributed by atoms with E-state index in [9.17, 15) is 9.59 Å². The molecule has 0 N–H and O–H groups in total. The number of esters is 2. The molecule has 0 aliphatic heterocycles. The maximum absolute atomic E-state index is 12.1. The SMILES string of the molecule is CCCCCCCCOC(=O)c1ccccc1OC(=O)CC. The summed E-state index contributed by atoms with van der Waals surface area (Å²) in [7, 11) is 0. The molecule has 4 heteroatoms. The molecule has 22 heavy (non-hydrogen) atoms. The molecule has 0 atom stereocenters. The van der Waals surface area contributed by atoms with E-state index in [0.29, 0.717) is 12.2 Å². The number of para-hydroxylation sites is 1. The molecule has 0 aromatic heterocycles. The third-order valence-electron chi connectivity index (χ3n) is 3.35. The Balaban J connectivity index is 2.40. The van der Waals surface area contributed by atoms with Gasteiger partial charge in [-0.05, 0) is 18.6 Å². The molecular weight excluding hydrogens is 280 g/mol. The van der Waals surface area contributed by atoms with E-state index in [1.807, 2.05) is 0 Å². The lowest BCUT2D eigenvalue weighted by Gasteiger charge is -2.09. The van der Waals surface area contributed by atoms with E-state index in [2.05, 4.69) is 6.92 Å². The van der Waals surface area contributed by atoms with E-state index < -0.39 is 5.97 Å². The quantitative estimate of drug-likeness (QED) is 0.362. The van der Waals surface area contributed by atoms with Gasteiger partial charge in [0.25, 0.3) is 0 Å². The Morgan fingerprint density at radius 1 is 0.955 bits per heavy atom. The zero-order valence-electron chi connectivity index (χ0n) is 13.6. The van der Waals surface area contributed by atoms with Crippen LogP contribution in [0.1, 0.15) is 69.2 Å². The molecule has 4 nitrogen and oxygen atoms in total. The molecule has 1 rings (SSSR count). The highest BCUT2D eigenvalue weighted by atomic mass is 16.5. The number of ether oxygens (including phenoxy) is 2. The normalized spacial score (nSPS) is 10.3. The van der Waals surface area contributed by atoms with Crippen molar-refractivity contribution in [2.45, 2.75) is 58.8 Å². The highest BCUT2D eigenvalue weighted by Crippen LogP contribution is 2.19. The van der Waals surface area contributed by atoms with Gasteiger partial charge >= 0.3 is 11.9 Å². The molecule has 0 heterocycles. The zero-order valence-corrected chi connectivity index (χ0v) is 13.6. The van der Waals surface area contributed by atoms with E-state index in [0.717, 1.165) is 12.8 Å². The van der Waals surface area contributed by atoms with Gasteiger partial charge in [0.05, 0.1) is 6.61 Å². The second-order valence-corrected chi connectivity index (χ2v) is 5.23. The summed E-state index contributed by atoms with van der Waals surface area (Å²) in [5.74, 6) is -0.536. The molecule has 1 aromatic carbocycles. The van der Waals surface area contributed by atoms with Gasteiger partial charge in [0, 0.05) is 6.42 Å².